The first-order chi connectivity index (χ1) is 10.7. The van der Waals surface area contributed by atoms with Crippen LogP contribution in [0.15, 0.2) is 24.3 Å². The average molecular weight is 317 g/mol. The molecule has 1 N–H and O–H groups in total. The molecule has 1 saturated heterocycles. The van der Waals surface area contributed by atoms with Gasteiger partial charge in [-0.15, -0.1) is 0 Å². The molecule has 1 aromatic carbocycles. The molecule has 0 aromatic heterocycles. The lowest BCUT2D eigenvalue weighted by Crippen LogP contribution is -2.45. The second kappa shape index (κ2) is 6.52. The first kappa shape index (κ1) is 17.2. The van der Waals surface area contributed by atoms with Gasteiger partial charge in [0, 0.05) is 18.7 Å². The van der Waals surface area contributed by atoms with Crippen molar-refractivity contribution in [2.24, 2.45) is 5.92 Å². The first-order valence-electron chi connectivity index (χ1n) is 7.87. The lowest BCUT2D eigenvalue weighted by atomic mass is 9.86. The molecule has 1 heterocycles. The van der Waals surface area contributed by atoms with Crippen molar-refractivity contribution in [3.05, 3.63) is 35.4 Å². The smallest absolute Gasteiger partial charge is 0.308 e. The SMILES string of the molecule is CC(C)(C)c1ccc(C(=O)C(=O)N2CCCC(C(=O)O)C2)cc1. The number of likely N-dealkylation sites (tertiary alicyclic amines) is 1. The summed E-state index contributed by atoms with van der Waals surface area (Å²) in [5, 5.41) is 9.08. The van der Waals surface area contributed by atoms with Crippen molar-refractivity contribution in [1.29, 1.82) is 0 Å². The highest BCUT2D eigenvalue weighted by Gasteiger charge is 2.31. The largest absolute Gasteiger partial charge is 0.481 e. The number of hydrogen-bond donors (Lipinski definition) is 1. The van der Waals surface area contributed by atoms with Crippen molar-refractivity contribution in [2.45, 2.75) is 39.0 Å². The number of Topliss-reactive ketones (excluding diaryl/α,β-unsaturated/α-hetero) is 1. The molecule has 1 amide bonds. The Labute approximate surface area is 136 Å². The van der Waals surface area contributed by atoms with Gasteiger partial charge < -0.3 is 10.0 Å². The van der Waals surface area contributed by atoms with Crippen LogP contribution < -0.4 is 0 Å². The number of rotatable bonds is 3. The fourth-order valence-electron chi connectivity index (χ4n) is 2.75. The van der Waals surface area contributed by atoms with Gasteiger partial charge in [0.1, 0.15) is 0 Å². The molecule has 1 atom stereocenters. The van der Waals surface area contributed by atoms with E-state index in [9.17, 15) is 14.4 Å². The first-order valence-corrected chi connectivity index (χ1v) is 7.87. The molecule has 0 bridgehead atoms. The van der Waals surface area contributed by atoms with E-state index >= 15 is 0 Å². The molecule has 1 aromatic rings. The highest BCUT2D eigenvalue weighted by Crippen LogP contribution is 2.23. The number of carbonyl (C=O) groups excluding carboxylic acids is 2. The van der Waals surface area contributed by atoms with Gasteiger partial charge in [-0.2, -0.15) is 0 Å². The summed E-state index contributed by atoms with van der Waals surface area (Å²) in [6, 6.07) is 7.05. The number of aliphatic carboxylic acids is 1. The number of carbonyl (C=O) groups is 3. The molecular weight excluding hydrogens is 294 g/mol. The summed E-state index contributed by atoms with van der Waals surface area (Å²) < 4.78 is 0. The number of ketones is 1. The zero-order chi connectivity index (χ0) is 17.2. The fraction of sp³-hybridized carbons (Fsp3) is 0.500. The maximum Gasteiger partial charge on any atom is 0.308 e. The van der Waals surface area contributed by atoms with Crippen LogP contribution in [0.3, 0.4) is 0 Å². The topological polar surface area (TPSA) is 74.7 Å². The molecule has 5 nitrogen and oxygen atoms in total. The Morgan fingerprint density at radius 1 is 1.13 bits per heavy atom. The standard InChI is InChI=1S/C18H23NO4/c1-18(2,3)14-8-6-12(7-9-14)15(20)16(21)19-10-4-5-13(11-19)17(22)23/h6-9,13H,4-5,10-11H2,1-3H3,(H,22,23). The molecule has 124 valence electrons. The molecular formula is C18H23NO4. The molecule has 0 radical (unpaired) electrons. The zero-order valence-electron chi connectivity index (χ0n) is 13.8. The molecule has 1 unspecified atom stereocenters. The van der Waals surface area contributed by atoms with E-state index in [1.807, 2.05) is 12.1 Å². The van der Waals surface area contributed by atoms with E-state index in [4.69, 9.17) is 5.11 Å². The molecule has 0 saturated carbocycles. The van der Waals surface area contributed by atoms with Gasteiger partial charge in [-0.25, -0.2) is 0 Å². The minimum absolute atomic E-state index is 0.0207. The van der Waals surface area contributed by atoms with Crippen LogP contribution in [0.4, 0.5) is 0 Å². The number of hydrogen-bond acceptors (Lipinski definition) is 3. The molecule has 1 fully saturated rings. The molecule has 1 aliphatic heterocycles. The summed E-state index contributed by atoms with van der Waals surface area (Å²) in [5.41, 5.74) is 1.42. The van der Waals surface area contributed by atoms with Crippen LogP contribution in [-0.4, -0.2) is 40.8 Å². The summed E-state index contributed by atoms with van der Waals surface area (Å²) >= 11 is 0. The summed E-state index contributed by atoms with van der Waals surface area (Å²) in [6.07, 6.45) is 1.16. The van der Waals surface area contributed by atoms with Gasteiger partial charge >= 0.3 is 5.97 Å². The molecule has 0 spiro atoms. The van der Waals surface area contributed by atoms with Crippen molar-refractivity contribution < 1.29 is 19.5 Å². The van der Waals surface area contributed by atoms with Crippen LogP contribution in [0, 0.1) is 5.92 Å². The molecule has 0 aliphatic carbocycles. The van der Waals surface area contributed by atoms with Gasteiger partial charge in [-0.05, 0) is 23.8 Å². The van der Waals surface area contributed by atoms with E-state index < -0.39 is 23.6 Å². The molecule has 5 heteroatoms. The van der Waals surface area contributed by atoms with Crippen LogP contribution in [-0.2, 0) is 15.0 Å². The Hall–Kier alpha value is -2.17. The predicted octanol–water partition coefficient (Wildman–Crippen LogP) is 2.49. The van der Waals surface area contributed by atoms with Crippen molar-refractivity contribution in [3.8, 4) is 0 Å². The highest BCUT2D eigenvalue weighted by molar-refractivity contribution is 6.42. The van der Waals surface area contributed by atoms with Gasteiger partial charge in [0.2, 0.25) is 5.78 Å². The van der Waals surface area contributed by atoms with E-state index in [-0.39, 0.29) is 12.0 Å². The number of carboxylic acid groups (broad SMARTS) is 1. The normalized spacial score (nSPS) is 18.6. The lowest BCUT2D eigenvalue weighted by molar-refractivity contribution is -0.144. The maximum atomic E-state index is 12.3. The minimum atomic E-state index is -0.913. The minimum Gasteiger partial charge on any atom is -0.481 e. The third kappa shape index (κ3) is 3.97. The lowest BCUT2D eigenvalue weighted by Gasteiger charge is -2.30. The number of piperidine rings is 1. The number of nitrogens with zero attached hydrogens (tertiary/aromatic N) is 1. The van der Waals surface area contributed by atoms with E-state index in [1.54, 1.807) is 12.1 Å². The van der Waals surface area contributed by atoms with Gasteiger partial charge in [-0.1, -0.05) is 45.0 Å². The molecule has 1 aliphatic rings. The third-order valence-corrected chi connectivity index (χ3v) is 4.27. The Morgan fingerprint density at radius 2 is 1.74 bits per heavy atom. The van der Waals surface area contributed by atoms with E-state index in [1.165, 1.54) is 4.90 Å². The highest BCUT2D eigenvalue weighted by atomic mass is 16.4. The third-order valence-electron chi connectivity index (χ3n) is 4.27. The molecule has 2 rings (SSSR count). The monoisotopic (exact) mass is 317 g/mol. The average Bonchev–Trinajstić information content (AvgIpc) is 2.53. The maximum absolute atomic E-state index is 12.3. The number of carboxylic acids is 1. The summed E-state index contributed by atoms with van der Waals surface area (Å²) in [7, 11) is 0. The van der Waals surface area contributed by atoms with Gasteiger partial charge in [0.15, 0.2) is 0 Å². The van der Waals surface area contributed by atoms with Crippen molar-refractivity contribution >= 4 is 17.7 Å². The Bertz CT molecular complexity index is 613. The number of benzene rings is 1. The second-order valence-corrected chi connectivity index (χ2v) is 7.09. The summed E-state index contributed by atoms with van der Waals surface area (Å²) in [6.45, 7) is 6.78. The van der Waals surface area contributed by atoms with Gasteiger partial charge in [0.05, 0.1) is 5.92 Å². The Kier molecular flexibility index (Phi) is 4.88. The van der Waals surface area contributed by atoms with Crippen LogP contribution in [0.5, 0.6) is 0 Å². The fourth-order valence-corrected chi connectivity index (χ4v) is 2.75. The van der Waals surface area contributed by atoms with Gasteiger partial charge in [-0.3, -0.25) is 14.4 Å². The quantitative estimate of drug-likeness (QED) is 0.686. The molecule has 23 heavy (non-hydrogen) atoms. The predicted molar refractivity (Wildman–Crippen MR) is 86.4 cm³/mol. The van der Waals surface area contributed by atoms with Crippen molar-refractivity contribution in [3.63, 3.8) is 0 Å². The van der Waals surface area contributed by atoms with Gasteiger partial charge in [0.25, 0.3) is 5.91 Å². The zero-order valence-corrected chi connectivity index (χ0v) is 13.8. The van der Waals surface area contributed by atoms with E-state index in [2.05, 4.69) is 20.8 Å². The van der Waals surface area contributed by atoms with Crippen molar-refractivity contribution in [1.82, 2.24) is 4.90 Å². The number of amides is 1. The Morgan fingerprint density at radius 3 is 2.26 bits per heavy atom. The van der Waals surface area contributed by atoms with Crippen LogP contribution in [0.25, 0.3) is 0 Å². The Balaban J connectivity index is 2.10. The van der Waals surface area contributed by atoms with Crippen LogP contribution in [0.2, 0.25) is 0 Å². The summed E-state index contributed by atoms with van der Waals surface area (Å²) in [5.74, 6) is -2.68. The van der Waals surface area contributed by atoms with E-state index in [0.29, 0.717) is 24.9 Å². The second-order valence-electron chi connectivity index (χ2n) is 7.09. The van der Waals surface area contributed by atoms with E-state index in [0.717, 1.165) is 5.56 Å². The van der Waals surface area contributed by atoms with Crippen LogP contribution in [0.1, 0.15) is 49.5 Å². The summed E-state index contributed by atoms with van der Waals surface area (Å²) in [4.78, 5) is 37.1. The van der Waals surface area contributed by atoms with Crippen molar-refractivity contribution in [2.75, 3.05) is 13.1 Å². The van der Waals surface area contributed by atoms with Crippen LogP contribution >= 0.6 is 0 Å².